The van der Waals surface area contributed by atoms with Crippen LogP contribution in [0.2, 0.25) is 0 Å². The summed E-state index contributed by atoms with van der Waals surface area (Å²) >= 11 is 0. The zero-order chi connectivity index (χ0) is 8.81. The lowest BCUT2D eigenvalue weighted by molar-refractivity contribution is 0.00144. The first-order valence-corrected chi connectivity index (χ1v) is 4.84. The first-order valence-electron chi connectivity index (χ1n) is 4.84. The standard InChI is InChI=1S/C9H19NO2/c11-6-4-2-1-3-5-10-7-9(12)8-10/h9,11-12H,1-8H2. The summed E-state index contributed by atoms with van der Waals surface area (Å²) in [5.74, 6) is 0. The van der Waals surface area contributed by atoms with Crippen molar-refractivity contribution >= 4 is 0 Å². The van der Waals surface area contributed by atoms with Crippen LogP contribution in [0.25, 0.3) is 0 Å². The second-order valence-corrected chi connectivity index (χ2v) is 3.55. The molecule has 0 aromatic carbocycles. The fourth-order valence-electron chi connectivity index (χ4n) is 1.53. The Hall–Kier alpha value is -0.120. The smallest absolute Gasteiger partial charge is 0.0793 e. The first kappa shape index (κ1) is 9.96. The van der Waals surface area contributed by atoms with Crippen LogP contribution in [0.3, 0.4) is 0 Å². The Kier molecular flexibility index (Phi) is 4.58. The number of hydrogen-bond acceptors (Lipinski definition) is 3. The molecule has 2 N–H and O–H groups in total. The lowest BCUT2D eigenvalue weighted by atomic mass is 10.1. The molecule has 12 heavy (non-hydrogen) atoms. The summed E-state index contributed by atoms with van der Waals surface area (Å²) in [5.41, 5.74) is 0. The van der Waals surface area contributed by atoms with Crippen molar-refractivity contribution in [1.29, 1.82) is 0 Å². The van der Waals surface area contributed by atoms with Crippen molar-refractivity contribution in [2.75, 3.05) is 26.2 Å². The third-order valence-corrected chi connectivity index (χ3v) is 2.32. The molecule has 0 radical (unpaired) electrons. The minimum Gasteiger partial charge on any atom is -0.396 e. The van der Waals surface area contributed by atoms with Crippen molar-refractivity contribution in [1.82, 2.24) is 4.90 Å². The number of rotatable bonds is 6. The van der Waals surface area contributed by atoms with E-state index in [0.29, 0.717) is 6.61 Å². The maximum absolute atomic E-state index is 8.98. The van der Waals surface area contributed by atoms with Gasteiger partial charge in [0.15, 0.2) is 0 Å². The van der Waals surface area contributed by atoms with E-state index < -0.39 is 0 Å². The van der Waals surface area contributed by atoms with Gasteiger partial charge >= 0.3 is 0 Å². The Bertz CT molecular complexity index is 113. The van der Waals surface area contributed by atoms with Gasteiger partial charge in [0.05, 0.1) is 6.10 Å². The quantitative estimate of drug-likeness (QED) is 0.565. The number of hydrogen-bond donors (Lipinski definition) is 2. The lowest BCUT2D eigenvalue weighted by Crippen LogP contribution is -2.50. The molecular formula is C9H19NO2. The number of aliphatic hydroxyl groups excluding tert-OH is 2. The molecule has 0 aliphatic carbocycles. The molecule has 3 nitrogen and oxygen atoms in total. The average Bonchev–Trinajstić information content (AvgIpc) is 2.00. The number of nitrogens with zero attached hydrogens (tertiary/aromatic N) is 1. The van der Waals surface area contributed by atoms with E-state index in [0.717, 1.165) is 32.5 Å². The molecule has 1 aliphatic rings. The van der Waals surface area contributed by atoms with Crippen LogP contribution in [0, 0.1) is 0 Å². The molecule has 1 rings (SSSR count). The van der Waals surface area contributed by atoms with Crippen LogP contribution < -0.4 is 0 Å². The van der Waals surface area contributed by atoms with Gasteiger partial charge in [0.1, 0.15) is 0 Å². The Morgan fingerprint density at radius 3 is 2.33 bits per heavy atom. The van der Waals surface area contributed by atoms with Crippen molar-refractivity contribution in [3.63, 3.8) is 0 Å². The van der Waals surface area contributed by atoms with E-state index in [2.05, 4.69) is 4.90 Å². The second kappa shape index (κ2) is 5.51. The SMILES string of the molecule is OCCCCCCN1CC(O)C1. The van der Waals surface area contributed by atoms with Gasteiger partial charge in [-0.05, 0) is 19.4 Å². The van der Waals surface area contributed by atoms with E-state index in [1.165, 1.54) is 12.8 Å². The van der Waals surface area contributed by atoms with Crippen LogP contribution in [0.4, 0.5) is 0 Å². The predicted octanol–water partition coefficient (Wildman–Crippen LogP) is 0.216. The molecule has 0 amide bonds. The van der Waals surface area contributed by atoms with E-state index in [-0.39, 0.29) is 6.10 Å². The Morgan fingerprint density at radius 2 is 1.75 bits per heavy atom. The third-order valence-electron chi connectivity index (χ3n) is 2.32. The second-order valence-electron chi connectivity index (χ2n) is 3.55. The Labute approximate surface area is 74.0 Å². The number of likely N-dealkylation sites (tertiary alicyclic amines) is 1. The summed E-state index contributed by atoms with van der Waals surface area (Å²) in [6.07, 6.45) is 4.40. The van der Waals surface area contributed by atoms with E-state index in [1.54, 1.807) is 0 Å². The summed E-state index contributed by atoms with van der Waals surface area (Å²) in [6, 6.07) is 0. The molecule has 0 unspecified atom stereocenters. The van der Waals surface area contributed by atoms with Crippen molar-refractivity contribution in [2.24, 2.45) is 0 Å². The normalized spacial score (nSPS) is 19.5. The summed E-state index contributed by atoms with van der Waals surface area (Å²) < 4.78 is 0. The minimum absolute atomic E-state index is 0.0672. The molecule has 1 heterocycles. The highest BCUT2D eigenvalue weighted by atomic mass is 16.3. The monoisotopic (exact) mass is 173 g/mol. The Balaban J connectivity index is 1.77. The fraction of sp³-hybridized carbons (Fsp3) is 1.00. The highest BCUT2D eigenvalue weighted by Crippen LogP contribution is 2.09. The van der Waals surface area contributed by atoms with Gasteiger partial charge in [-0.25, -0.2) is 0 Å². The predicted molar refractivity (Wildman–Crippen MR) is 48.0 cm³/mol. The maximum atomic E-state index is 8.98. The van der Waals surface area contributed by atoms with Crippen LogP contribution >= 0.6 is 0 Å². The summed E-state index contributed by atoms with van der Waals surface area (Å²) in [4.78, 5) is 2.27. The van der Waals surface area contributed by atoms with E-state index >= 15 is 0 Å². The van der Waals surface area contributed by atoms with Crippen LogP contribution in [-0.2, 0) is 0 Å². The molecule has 1 aliphatic heterocycles. The molecule has 0 atom stereocenters. The largest absolute Gasteiger partial charge is 0.396 e. The molecule has 0 spiro atoms. The van der Waals surface area contributed by atoms with Gasteiger partial charge in [-0.3, -0.25) is 4.90 Å². The van der Waals surface area contributed by atoms with E-state index in [1.807, 2.05) is 0 Å². The third kappa shape index (κ3) is 3.52. The molecule has 0 aromatic rings. The van der Waals surface area contributed by atoms with Gasteiger partial charge in [-0.2, -0.15) is 0 Å². The van der Waals surface area contributed by atoms with Crippen molar-refractivity contribution in [2.45, 2.75) is 31.8 Å². The molecular weight excluding hydrogens is 154 g/mol. The Morgan fingerprint density at radius 1 is 1.08 bits per heavy atom. The minimum atomic E-state index is -0.0672. The van der Waals surface area contributed by atoms with Gasteiger partial charge in [-0.15, -0.1) is 0 Å². The fourth-order valence-corrected chi connectivity index (χ4v) is 1.53. The van der Waals surface area contributed by atoms with Crippen LogP contribution in [0.5, 0.6) is 0 Å². The number of aliphatic hydroxyl groups is 2. The molecule has 0 bridgehead atoms. The number of unbranched alkanes of at least 4 members (excludes halogenated alkanes) is 3. The molecule has 1 saturated heterocycles. The van der Waals surface area contributed by atoms with Gasteiger partial charge in [0.2, 0.25) is 0 Å². The maximum Gasteiger partial charge on any atom is 0.0793 e. The van der Waals surface area contributed by atoms with Gasteiger partial charge in [-0.1, -0.05) is 12.8 Å². The first-order chi connectivity index (χ1) is 5.83. The van der Waals surface area contributed by atoms with Gasteiger partial charge < -0.3 is 10.2 Å². The zero-order valence-corrected chi connectivity index (χ0v) is 7.58. The molecule has 72 valence electrons. The molecule has 3 heteroatoms. The topological polar surface area (TPSA) is 43.7 Å². The van der Waals surface area contributed by atoms with Crippen LogP contribution in [-0.4, -0.2) is 47.5 Å². The van der Waals surface area contributed by atoms with Gasteiger partial charge in [0, 0.05) is 19.7 Å². The van der Waals surface area contributed by atoms with Crippen molar-refractivity contribution < 1.29 is 10.2 Å². The zero-order valence-electron chi connectivity index (χ0n) is 7.58. The van der Waals surface area contributed by atoms with Gasteiger partial charge in [0.25, 0.3) is 0 Å². The van der Waals surface area contributed by atoms with Crippen molar-refractivity contribution in [3.8, 4) is 0 Å². The van der Waals surface area contributed by atoms with Crippen LogP contribution in [0.15, 0.2) is 0 Å². The molecule has 0 aromatic heterocycles. The lowest BCUT2D eigenvalue weighted by Gasteiger charge is -2.35. The highest BCUT2D eigenvalue weighted by Gasteiger charge is 2.22. The van der Waals surface area contributed by atoms with Crippen LogP contribution in [0.1, 0.15) is 25.7 Å². The highest BCUT2D eigenvalue weighted by molar-refractivity contribution is 4.77. The summed E-state index contributed by atoms with van der Waals surface area (Å²) in [6.45, 7) is 3.16. The van der Waals surface area contributed by atoms with E-state index in [4.69, 9.17) is 10.2 Å². The van der Waals surface area contributed by atoms with Crippen molar-refractivity contribution in [3.05, 3.63) is 0 Å². The molecule has 0 saturated carbocycles. The summed E-state index contributed by atoms with van der Waals surface area (Å²) in [7, 11) is 0. The summed E-state index contributed by atoms with van der Waals surface area (Å²) in [5, 5.41) is 17.5. The van der Waals surface area contributed by atoms with E-state index in [9.17, 15) is 0 Å². The average molecular weight is 173 g/mol. The number of β-amino-alcohol motifs (C(OH)–C–C–N with tert-alkyl or cyclic N) is 1. The molecule has 1 fully saturated rings.